The maximum Gasteiger partial charge on any atom is 0.220 e. The van der Waals surface area contributed by atoms with Crippen molar-refractivity contribution in [2.45, 2.75) is 32.1 Å². The Morgan fingerprint density at radius 1 is 1.41 bits per heavy atom. The Bertz CT molecular complexity index is 433. The number of nitrogens with zero attached hydrogens (tertiary/aromatic N) is 1. The predicted octanol–water partition coefficient (Wildman–Crippen LogP) is 1.56. The van der Waals surface area contributed by atoms with Crippen LogP contribution in [0, 0.1) is 11.8 Å². The van der Waals surface area contributed by atoms with E-state index in [4.69, 9.17) is 4.74 Å². The van der Waals surface area contributed by atoms with Gasteiger partial charge in [0, 0.05) is 50.6 Å². The van der Waals surface area contributed by atoms with Crippen molar-refractivity contribution in [3.05, 3.63) is 30.1 Å². The molecule has 1 aliphatic heterocycles. The van der Waals surface area contributed by atoms with Crippen molar-refractivity contribution < 1.29 is 14.6 Å². The summed E-state index contributed by atoms with van der Waals surface area (Å²) in [4.78, 5) is 16.2. The largest absolute Gasteiger partial charge is 0.396 e. The van der Waals surface area contributed by atoms with E-state index in [1.54, 1.807) is 6.20 Å². The van der Waals surface area contributed by atoms with E-state index >= 15 is 0 Å². The van der Waals surface area contributed by atoms with Crippen LogP contribution in [0.3, 0.4) is 0 Å². The molecule has 5 heteroatoms. The number of amides is 1. The summed E-state index contributed by atoms with van der Waals surface area (Å²) in [5.74, 6) is 0.703. The number of carbonyl (C=O) groups is 1. The number of carbonyl (C=O) groups excluding carboxylic acids is 1. The predicted molar refractivity (Wildman–Crippen MR) is 84.3 cm³/mol. The van der Waals surface area contributed by atoms with Gasteiger partial charge in [-0.1, -0.05) is 6.07 Å². The highest BCUT2D eigenvalue weighted by Crippen LogP contribution is 2.19. The minimum Gasteiger partial charge on any atom is -0.396 e. The molecule has 1 fully saturated rings. The number of hydrogen-bond acceptors (Lipinski definition) is 4. The molecular formula is C17H26N2O3. The van der Waals surface area contributed by atoms with Gasteiger partial charge in [0.25, 0.3) is 0 Å². The maximum atomic E-state index is 11.9. The molecule has 0 aromatic carbocycles. The van der Waals surface area contributed by atoms with Gasteiger partial charge in [0.2, 0.25) is 5.91 Å². The first-order valence-corrected chi connectivity index (χ1v) is 8.13. The number of aliphatic hydroxyl groups excluding tert-OH is 1. The molecule has 2 N–H and O–H groups in total. The van der Waals surface area contributed by atoms with Crippen molar-refractivity contribution >= 4 is 5.91 Å². The summed E-state index contributed by atoms with van der Waals surface area (Å²) in [5, 5.41) is 12.4. The van der Waals surface area contributed by atoms with Crippen LogP contribution < -0.4 is 5.32 Å². The van der Waals surface area contributed by atoms with Crippen LogP contribution in [0.25, 0.3) is 0 Å². The molecule has 0 saturated carbocycles. The molecule has 1 saturated heterocycles. The van der Waals surface area contributed by atoms with Gasteiger partial charge in [-0.25, -0.2) is 0 Å². The number of rotatable bonds is 8. The molecule has 22 heavy (non-hydrogen) atoms. The van der Waals surface area contributed by atoms with Crippen LogP contribution in [0.1, 0.15) is 31.4 Å². The van der Waals surface area contributed by atoms with Gasteiger partial charge in [-0.05, 0) is 43.7 Å². The smallest absolute Gasteiger partial charge is 0.220 e. The zero-order valence-electron chi connectivity index (χ0n) is 13.0. The monoisotopic (exact) mass is 306 g/mol. The van der Waals surface area contributed by atoms with Crippen molar-refractivity contribution in [1.29, 1.82) is 0 Å². The molecule has 1 atom stereocenters. The van der Waals surface area contributed by atoms with Crippen LogP contribution in [-0.4, -0.2) is 42.4 Å². The summed E-state index contributed by atoms with van der Waals surface area (Å²) >= 11 is 0. The fraction of sp³-hybridized carbons (Fsp3) is 0.647. The van der Waals surface area contributed by atoms with E-state index in [1.807, 2.05) is 18.2 Å². The Labute approximate surface area is 132 Å². The zero-order chi connectivity index (χ0) is 15.6. The number of nitrogens with one attached hydrogen (secondary N) is 1. The summed E-state index contributed by atoms with van der Waals surface area (Å²) < 4.78 is 5.32. The molecule has 1 unspecified atom stereocenters. The van der Waals surface area contributed by atoms with Gasteiger partial charge >= 0.3 is 0 Å². The standard InChI is InChI=1S/C17H26N2O3/c20-13-15(11-16-3-1-2-8-18-16)12-19-17(21)5-4-14-6-9-22-10-7-14/h1-3,8,14-15,20H,4-7,9-13H2,(H,19,21). The Morgan fingerprint density at radius 2 is 2.23 bits per heavy atom. The first-order chi connectivity index (χ1) is 10.8. The van der Waals surface area contributed by atoms with Crippen molar-refractivity contribution in [2.75, 3.05) is 26.4 Å². The van der Waals surface area contributed by atoms with Crippen LogP contribution in [0.2, 0.25) is 0 Å². The van der Waals surface area contributed by atoms with Crippen molar-refractivity contribution in [1.82, 2.24) is 10.3 Å². The fourth-order valence-corrected chi connectivity index (χ4v) is 2.73. The topological polar surface area (TPSA) is 71.5 Å². The number of ether oxygens (including phenoxy) is 1. The molecule has 2 rings (SSSR count). The van der Waals surface area contributed by atoms with E-state index in [1.165, 1.54) is 0 Å². The van der Waals surface area contributed by atoms with Gasteiger partial charge in [-0.3, -0.25) is 9.78 Å². The molecule has 0 aliphatic carbocycles. The normalized spacial score (nSPS) is 17.1. The van der Waals surface area contributed by atoms with E-state index in [0.717, 1.165) is 38.2 Å². The molecule has 5 nitrogen and oxygen atoms in total. The Kier molecular flexibility index (Phi) is 7.33. The third-order valence-electron chi connectivity index (χ3n) is 4.19. The maximum absolute atomic E-state index is 11.9. The van der Waals surface area contributed by atoms with Crippen LogP contribution in [0.15, 0.2) is 24.4 Å². The van der Waals surface area contributed by atoms with Gasteiger partial charge in [0.05, 0.1) is 0 Å². The first-order valence-electron chi connectivity index (χ1n) is 8.13. The van der Waals surface area contributed by atoms with E-state index in [-0.39, 0.29) is 18.4 Å². The lowest BCUT2D eigenvalue weighted by Gasteiger charge is -2.21. The van der Waals surface area contributed by atoms with Gasteiger partial charge in [-0.15, -0.1) is 0 Å². The van der Waals surface area contributed by atoms with Crippen LogP contribution >= 0.6 is 0 Å². The van der Waals surface area contributed by atoms with E-state index in [2.05, 4.69) is 10.3 Å². The van der Waals surface area contributed by atoms with Crippen molar-refractivity contribution in [2.24, 2.45) is 11.8 Å². The lowest BCUT2D eigenvalue weighted by molar-refractivity contribution is -0.121. The molecule has 2 heterocycles. The van der Waals surface area contributed by atoms with Crippen molar-refractivity contribution in [3.63, 3.8) is 0 Å². The quantitative estimate of drug-likeness (QED) is 0.764. The minimum absolute atomic E-state index is 0.0157. The number of aromatic nitrogens is 1. The molecular weight excluding hydrogens is 280 g/mol. The third kappa shape index (κ3) is 6.12. The van der Waals surface area contributed by atoms with Crippen LogP contribution in [-0.2, 0) is 16.0 Å². The Balaban J connectivity index is 1.65. The van der Waals surface area contributed by atoms with Gasteiger partial charge in [0.15, 0.2) is 0 Å². The first kappa shape index (κ1) is 16.9. The average molecular weight is 306 g/mol. The van der Waals surface area contributed by atoms with Gasteiger partial charge in [0.1, 0.15) is 0 Å². The number of hydrogen-bond donors (Lipinski definition) is 2. The summed E-state index contributed by atoms with van der Waals surface area (Å²) in [6, 6.07) is 5.74. The molecule has 0 radical (unpaired) electrons. The molecule has 1 aromatic heterocycles. The molecule has 1 amide bonds. The SMILES string of the molecule is O=C(CCC1CCOCC1)NCC(CO)Cc1ccccn1. The second kappa shape index (κ2) is 9.54. The van der Waals surface area contributed by atoms with Gasteiger partial charge < -0.3 is 15.2 Å². The van der Waals surface area contributed by atoms with Crippen LogP contribution in [0.4, 0.5) is 0 Å². The average Bonchev–Trinajstić information content (AvgIpc) is 2.58. The molecule has 0 bridgehead atoms. The second-order valence-electron chi connectivity index (χ2n) is 5.97. The van der Waals surface area contributed by atoms with E-state index < -0.39 is 0 Å². The molecule has 1 aromatic rings. The Morgan fingerprint density at radius 3 is 2.91 bits per heavy atom. The highest BCUT2D eigenvalue weighted by atomic mass is 16.5. The number of pyridine rings is 1. The fourth-order valence-electron chi connectivity index (χ4n) is 2.73. The summed E-state index contributed by atoms with van der Waals surface area (Å²) in [6.45, 7) is 2.20. The van der Waals surface area contributed by atoms with Crippen LogP contribution in [0.5, 0.6) is 0 Å². The lowest BCUT2D eigenvalue weighted by atomic mass is 9.95. The Hall–Kier alpha value is -1.46. The summed E-state index contributed by atoms with van der Waals surface area (Å²) in [5.41, 5.74) is 0.943. The van der Waals surface area contributed by atoms with Crippen molar-refractivity contribution in [3.8, 4) is 0 Å². The molecule has 1 aliphatic rings. The summed E-state index contributed by atoms with van der Waals surface area (Å²) in [7, 11) is 0. The third-order valence-corrected chi connectivity index (χ3v) is 4.19. The zero-order valence-corrected chi connectivity index (χ0v) is 13.0. The summed E-state index contributed by atoms with van der Waals surface area (Å²) in [6.07, 6.45) is 6.04. The highest BCUT2D eigenvalue weighted by Gasteiger charge is 2.16. The minimum atomic E-state index is 0.0157. The van der Waals surface area contributed by atoms with E-state index in [9.17, 15) is 9.90 Å². The van der Waals surface area contributed by atoms with E-state index in [0.29, 0.717) is 25.3 Å². The lowest BCUT2D eigenvalue weighted by Crippen LogP contribution is -2.32. The molecule has 0 spiro atoms. The number of aliphatic hydroxyl groups is 1. The second-order valence-corrected chi connectivity index (χ2v) is 5.97. The molecule has 122 valence electrons. The highest BCUT2D eigenvalue weighted by molar-refractivity contribution is 5.75. The van der Waals surface area contributed by atoms with Gasteiger partial charge in [-0.2, -0.15) is 0 Å².